The molecule has 0 radical (unpaired) electrons. The van der Waals surface area contributed by atoms with Gasteiger partial charge in [0.1, 0.15) is 28.9 Å². The number of phenolic OH excluding ortho intramolecular Hbond substituents is 1. The Morgan fingerprint density at radius 1 is 1.00 bits per heavy atom. The van der Waals surface area contributed by atoms with Crippen LogP contribution < -0.4 is 5.32 Å². The normalized spacial score (nSPS) is 10.9. The lowest BCUT2D eigenvalue weighted by Crippen LogP contribution is -2.13. The van der Waals surface area contributed by atoms with E-state index in [1.165, 1.54) is 42.5 Å². The monoisotopic (exact) mass is 374 g/mol. The molecule has 0 saturated carbocycles. The van der Waals surface area contributed by atoms with Crippen molar-refractivity contribution in [2.75, 3.05) is 5.32 Å². The van der Waals surface area contributed by atoms with Gasteiger partial charge in [-0.2, -0.15) is 5.26 Å². The molecule has 0 unspecified atom stereocenters. The Morgan fingerprint density at radius 3 is 2.29 bits per heavy atom. The third-order valence-electron chi connectivity index (χ3n) is 3.82. The SMILES string of the molecule is N#C/C(=C\c1ccc(-c2ccc(C(=O)O)cc2)o1)C(=O)Nc1ccc(O)cc1. The summed E-state index contributed by atoms with van der Waals surface area (Å²) in [6.45, 7) is 0. The number of benzene rings is 2. The second kappa shape index (κ2) is 7.93. The molecule has 0 atom stereocenters. The Hall–Kier alpha value is -4.31. The van der Waals surface area contributed by atoms with Gasteiger partial charge >= 0.3 is 5.97 Å². The third kappa shape index (κ3) is 4.26. The molecular weight excluding hydrogens is 360 g/mol. The summed E-state index contributed by atoms with van der Waals surface area (Å²) < 4.78 is 5.63. The highest BCUT2D eigenvalue weighted by Gasteiger charge is 2.12. The smallest absolute Gasteiger partial charge is 0.335 e. The van der Waals surface area contributed by atoms with Crippen LogP contribution in [0, 0.1) is 11.3 Å². The highest BCUT2D eigenvalue weighted by atomic mass is 16.4. The number of nitriles is 1. The molecule has 7 nitrogen and oxygen atoms in total. The van der Waals surface area contributed by atoms with Crippen LogP contribution in [0.2, 0.25) is 0 Å². The van der Waals surface area contributed by atoms with Crippen molar-refractivity contribution in [1.82, 2.24) is 0 Å². The summed E-state index contributed by atoms with van der Waals surface area (Å²) in [5, 5.41) is 30.0. The van der Waals surface area contributed by atoms with Gasteiger partial charge in [-0.05, 0) is 48.5 Å². The molecule has 3 aromatic rings. The second-order valence-corrected chi connectivity index (χ2v) is 5.76. The van der Waals surface area contributed by atoms with E-state index in [0.717, 1.165) is 0 Å². The summed E-state index contributed by atoms with van der Waals surface area (Å²) in [5.74, 6) is -0.799. The first-order valence-corrected chi connectivity index (χ1v) is 8.12. The average molecular weight is 374 g/mol. The maximum Gasteiger partial charge on any atom is 0.335 e. The zero-order valence-corrected chi connectivity index (χ0v) is 14.4. The molecule has 0 aliphatic carbocycles. The van der Waals surface area contributed by atoms with Crippen molar-refractivity contribution in [2.24, 2.45) is 0 Å². The molecule has 1 amide bonds. The summed E-state index contributed by atoms with van der Waals surface area (Å²) in [5.41, 5.74) is 1.10. The standard InChI is InChI=1S/C21H14N2O5/c22-12-15(20(25)23-16-5-7-17(24)8-6-16)11-18-9-10-19(28-18)13-1-3-14(4-2-13)21(26)27/h1-11,24H,(H,23,25)(H,26,27)/b15-11+. The fraction of sp³-hybridized carbons (Fsp3) is 0. The largest absolute Gasteiger partial charge is 0.508 e. The van der Waals surface area contributed by atoms with E-state index in [2.05, 4.69) is 5.32 Å². The van der Waals surface area contributed by atoms with Crippen molar-refractivity contribution in [3.63, 3.8) is 0 Å². The number of nitrogens with one attached hydrogen (secondary N) is 1. The van der Waals surface area contributed by atoms with Gasteiger partial charge in [-0.3, -0.25) is 4.79 Å². The number of nitrogens with zero attached hydrogens (tertiary/aromatic N) is 1. The first kappa shape index (κ1) is 18.5. The molecule has 0 fully saturated rings. The summed E-state index contributed by atoms with van der Waals surface area (Å²) in [6, 6.07) is 17.1. The van der Waals surface area contributed by atoms with Gasteiger partial charge in [-0.1, -0.05) is 12.1 Å². The molecule has 2 aromatic carbocycles. The first-order chi connectivity index (χ1) is 13.5. The number of rotatable bonds is 5. The van der Waals surface area contributed by atoms with Gasteiger partial charge in [0.2, 0.25) is 0 Å². The van der Waals surface area contributed by atoms with E-state index in [1.54, 1.807) is 24.3 Å². The van der Waals surface area contributed by atoms with Crippen LogP contribution in [-0.4, -0.2) is 22.1 Å². The van der Waals surface area contributed by atoms with Crippen molar-refractivity contribution in [3.05, 3.63) is 77.6 Å². The number of carbonyl (C=O) groups excluding carboxylic acids is 1. The highest BCUT2D eigenvalue weighted by Crippen LogP contribution is 2.24. The summed E-state index contributed by atoms with van der Waals surface area (Å²) in [6.07, 6.45) is 1.31. The minimum atomic E-state index is -1.02. The minimum absolute atomic E-state index is 0.0635. The zero-order chi connectivity index (χ0) is 20.1. The van der Waals surface area contributed by atoms with E-state index in [9.17, 15) is 20.0 Å². The number of furan rings is 1. The lowest BCUT2D eigenvalue weighted by Gasteiger charge is -2.03. The second-order valence-electron chi connectivity index (χ2n) is 5.76. The molecule has 1 aromatic heterocycles. The number of amides is 1. The Balaban J connectivity index is 1.78. The highest BCUT2D eigenvalue weighted by molar-refractivity contribution is 6.09. The van der Waals surface area contributed by atoms with Gasteiger partial charge in [0.15, 0.2) is 0 Å². The Labute approximate surface area is 159 Å². The average Bonchev–Trinajstić information content (AvgIpc) is 3.16. The van der Waals surface area contributed by atoms with Gasteiger partial charge in [-0.15, -0.1) is 0 Å². The first-order valence-electron chi connectivity index (χ1n) is 8.12. The molecule has 0 spiro atoms. The number of phenols is 1. The van der Waals surface area contributed by atoms with Crippen molar-refractivity contribution in [1.29, 1.82) is 5.26 Å². The van der Waals surface area contributed by atoms with Crippen LogP contribution in [0.3, 0.4) is 0 Å². The molecule has 0 aliphatic heterocycles. The van der Waals surface area contributed by atoms with E-state index in [4.69, 9.17) is 9.52 Å². The summed E-state index contributed by atoms with van der Waals surface area (Å²) in [7, 11) is 0. The summed E-state index contributed by atoms with van der Waals surface area (Å²) >= 11 is 0. The van der Waals surface area contributed by atoms with Crippen molar-refractivity contribution < 1.29 is 24.2 Å². The van der Waals surface area contributed by atoms with E-state index >= 15 is 0 Å². The number of aromatic carboxylic acids is 1. The van der Waals surface area contributed by atoms with Gasteiger partial charge in [-0.25, -0.2) is 4.79 Å². The van der Waals surface area contributed by atoms with Crippen molar-refractivity contribution in [3.8, 4) is 23.1 Å². The fourth-order valence-corrected chi connectivity index (χ4v) is 2.40. The van der Waals surface area contributed by atoms with Crippen LogP contribution in [0.5, 0.6) is 5.75 Å². The predicted molar refractivity (Wildman–Crippen MR) is 101 cm³/mol. The van der Waals surface area contributed by atoms with Crippen LogP contribution in [0.25, 0.3) is 17.4 Å². The van der Waals surface area contributed by atoms with Gasteiger partial charge in [0.25, 0.3) is 5.91 Å². The fourth-order valence-electron chi connectivity index (χ4n) is 2.40. The van der Waals surface area contributed by atoms with Crippen LogP contribution >= 0.6 is 0 Å². The van der Waals surface area contributed by atoms with Crippen molar-refractivity contribution >= 4 is 23.6 Å². The minimum Gasteiger partial charge on any atom is -0.508 e. The van der Waals surface area contributed by atoms with E-state index in [0.29, 0.717) is 22.8 Å². The Kier molecular flexibility index (Phi) is 5.23. The van der Waals surface area contributed by atoms with E-state index < -0.39 is 11.9 Å². The number of carboxylic acids is 1. The molecule has 28 heavy (non-hydrogen) atoms. The van der Waals surface area contributed by atoms with E-state index in [1.807, 2.05) is 6.07 Å². The number of aromatic hydroxyl groups is 1. The van der Waals surface area contributed by atoms with Gasteiger partial charge in [0.05, 0.1) is 5.56 Å². The van der Waals surface area contributed by atoms with Gasteiger partial charge < -0.3 is 19.9 Å². The third-order valence-corrected chi connectivity index (χ3v) is 3.82. The van der Waals surface area contributed by atoms with Crippen LogP contribution in [-0.2, 0) is 4.79 Å². The molecule has 3 N–H and O–H groups in total. The number of hydrogen-bond donors (Lipinski definition) is 3. The van der Waals surface area contributed by atoms with Crippen molar-refractivity contribution in [2.45, 2.75) is 0 Å². The Morgan fingerprint density at radius 2 is 1.68 bits per heavy atom. The lowest BCUT2D eigenvalue weighted by atomic mass is 10.1. The molecule has 0 bridgehead atoms. The Bertz CT molecular complexity index is 1090. The lowest BCUT2D eigenvalue weighted by molar-refractivity contribution is -0.112. The quantitative estimate of drug-likeness (QED) is 0.353. The zero-order valence-electron chi connectivity index (χ0n) is 14.4. The molecule has 0 aliphatic rings. The van der Waals surface area contributed by atoms with Crippen LogP contribution in [0.15, 0.2) is 70.7 Å². The maximum absolute atomic E-state index is 12.2. The number of anilines is 1. The summed E-state index contributed by atoms with van der Waals surface area (Å²) in [4.78, 5) is 23.2. The molecule has 0 saturated heterocycles. The molecular formula is C21H14N2O5. The molecule has 138 valence electrons. The molecule has 7 heteroatoms. The van der Waals surface area contributed by atoms with Gasteiger partial charge in [0, 0.05) is 17.3 Å². The number of hydrogen-bond acceptors (Lipinski definition) is 5. The maximum atomic E-state index is 12.2. The topological polar surface area (TPSA) is 124 Å². The number of carboxylic acid groups (broad SMARTS) is 1. The van der Waals surface area contributed by atoms with Crippen LogP contribution in [0.1, 0.15) is 16.1 Å². The van der Waals surface area contributed by atoms with E-state index in [-0.39, 0.29) is 16.9 Å². The number of carbonyl (C=O) groups is 2. The van der Waals surface area contributed by atoms with Crippen LogP contribution in [0.4, 0.5) is 5.69 Å². The molecule has 3 rings (SSSR count). The molecule has 1 heterocycles. The predicted octanol–water partition coefficient (Wildman–Crippen LogP) is 3.90.